The molecule has 202 valence electrons. The Morgan fingerprint density at radius 3 is 2.36 bits per heavy atom. The predicted molar refractivity (Wildman–Crippen MR) is 159 cm³/mol. The van der Waals surface area contributed by atoms with Gasteiger partial charge in [0.2, 0.25) is 0 Å². The number of carbonyl (C=O) groups excluding carboxylic acids is 2. The Morgan fingerprint density at radius 1 is 1.05 bits per heavy atom. The lowest BCUT2D eigenvalue weighted by Gasteiger charge is -2.19. The summed E-state index contributed by atoms with van der Waals surface area (Å²) in [6.45, 7) is 4.46. The molecule has 3 aromatic carbocycles. The summed E-state index contributed by atoms with van der Waals surface area (Å²) in [5.74, 6) is 0.134. The third-order valence-corrected chi connectivity index (χ3v) is 7.25. The summed E-state index contributed by atoms with van der Waals surface area (Å²) in [4.78, 5) is 28.7. The maximum Gasteiger partial charge on any atom is 0.325 e. The van der Waals surface area contributed by atoms with Gasteiger partial charge in [0.05, 0.1) is 19.4 Å². The number of hydrogen-bond donors (Lipinski definition) is 0. The van der Waals surface area contributed by atoms with Gasteiger partial charge in [0, 0.05) is 9.50 Å². The summed E-state index contributed by atoms with van der Waals surface area (Å²) >= 11 is 15.2. The van der Waals surface area contributed by atoms with Gasteiger partial charge >= 0.3 is 5.97 Å². The summed E-state index contributed by atoms with van der Waals surface area (Å²) in [5, 5.41) is 0.675. The molecule has 0 aliphatic carbocycles. The number of thiocarbonyl (C=S) groups is 1. The first-order valence-electron chi connectivity index (χ1n) is 12.1. The molecule has 0 unspecified atom stereocenters. The van der Waals surface area contributed by atoms with Gasteiger partial charge in [0.1, 0.15) is 18.8 Å². The van der Waals surface area contributed by atoms with E-state index in [9.17, 15) is 9.59 Å². The van der Waals surface area contributed by atoms with E-state index in [0.29, 0.717) is 45.5 Å². The predicted octanol–water partition coefficient (Wildman–Crippen LogP) is 6.54. The number of ether oxygens (including phenoxy) is 3. The first-order chi connectivity index (χ1) is 18.7. The summed E-state index contributed by atoms with van der Waals surface area (Å²) < 4.78 is 17.5. The number of rotatable bonds is 9. The third kappa shape index (κ3) is 6.61. The van der Waals surface area contributed by atoms with E-state index in [1.54, 1.807) is 42.5 Å². The minimum atomic E-state index is -0.539. The average molecular weight is 630 g/mol. The Balaban J connectivity index is 1.70. The molecular formula is C29H26BrClN2O5S. The number of benzene rings is 3. The lowest BCUT2D eigenvalue weighted by molar-refractivity contribution is -0.140. The zero-order valence-electron chi connectivity index (χ0n) is 21.6. The fraction of sp³-hybridized carbons (Fsp3) is 0.207. The second-order valence-electron chi connectivity index (χ2n) is 8.62. The van der Waals surface area contributed by atoms with Gasteiger partial charge in [-0.15, -0.1) is 0 Å². The molecule has 3 aromatic rings. The van der Waals surface area contributed by atoms with E-state index >= 15 is 0 Å². The highest BCUT2D eigenvalue weighted by Gasteiger charge is 2.40. The first-order valence-corrected chi connectivity index (χ1v) is 13.6. The van der Waals surface area contributed by atoms with Crippen LogP contribution in [-0.4, -0.2) is 42.2 Å². The zero-order chi connectivity index (χ0) is 28.1. The van der Waals surface area contributed by atoms with Crippen LogP contribution in [0.2, 0.25) is 5.02 Å². The highest BCUT2D eigenvalue weighted by Crippen LogP contribution is 2.37. The lowest BCUT2D eigenvalue weighted by atomic mass is 10.1. The van der Waals surface area contributed by atoms with Gasteiger partial charge in [-0.3, -0.25) is 14.5 Å². The maximum atomic E-state index is 13.6. The molecule has 39 heavy (non-hydrogen) atoms. The second-order valence-corrected chi connectivity index (χ2v) is 10.3. The standard InChI is InChI=1S/C29H26BrClN2O5S/c1-4-37-25-14-20(23(30)15-26(25)38-17-19-7-5-18(2)6-8-19)13-24-28(35)33(22-11-9-21(31)10-12-22)29(39)32(24)16-27(34)36-3/h5-15H,4,16-17H2,1-3H3/b24-13-. The van der Waals surface area contributed by atoms with Crippen LogP contribution < -0.4 is 14.4 Å². The maximum absolute atomic E-state index is 13.6. The minimum absolute atomic E-state index is 0.151. The molecule has 1 heterocycles. The molecule has 0 saturated carbocycles. The van der Waals surface area contributed by atoms with Gasteiger partial charge in [-0.2, -0.15) is 0 Å². The zero-order valence-corrected chi connectivity index (χ0v) is 24.7. The molecular weight excluding hydrogens is 604 g/mol. The molecule has 4 rings (SSSR count). The Kier molecular flexibility index (Phi) is 9.27. The Labute approximate surface area is 246 Å². The third-order valence-electron chi connectivity index (χ3n) is 5.90. The van der Waals surface area contributed by atoms with Crippen LogP contribution in [0.25, 0.3) is 6.08 Å². The number of hydrogen-bond acceptors (Lipinski definition) is 6. The molecule has 10 heteroatoms. The molecule has 0 bridgehead atoms. The van der Waals surface area contributed by atoms with Crippen molar-refractivity contribution >= 4 is 68.5 Å². The summed E-state index contributed by atoms with van der Waals surface area (Å²) in [5.41, 5.74) is 3.57. The van der Waals surface area contributed by atoms with E-state index in [1.807, 2.05) is 38.1 Å². The van der Waals surface area contributed by atoms with Crippen LogP contribution in [-0.2, 0) is 20.9 Å². The highest BCUT2D eigenvalue weighted by molar-refractivity contribution is 9.10. The van der Waals surface area contributed by atoms with Gasteiger partial charge in [-0.05, 0) is 79.7 Å². The van der Waals surface area contributed by atoms with E-state index in [1.165, 1.54) is 22.5 Å². The first kappa shape index (κ1) is 28.6. The van der Waals surface area contributed by atoms with E-state index in [4.69, 9.17) is 38.0 Å². The van der Waals surface area contributed by atoms with Crippen molar-refractivity contribution in [3.8, 4) is 11.5 Å². The van der Waals surface area contributed by atoms with Crippen molar-refractivity contribution in [1.29, 1.82) is 0 Å². The average Bonchev–Trinajstić information content (AvgIpc) is 3.14. The van der Waals surface area contributed by atoms with Gasteiger partial charge in [0.25, 0.3) is 5.91 Å². The van der Waals surface area contributed by atoms with Gasteiger partial charge < -0.3 is 19.1 Å². The molecule has 1 fully saturated rings. The molecule has 0 spiro atoms. The monoisotopic (exact) mass is 628 g/mol. The van der Waals surface area contributed by atoms with E-state index in [0.717, 1.165) is 5.56 Å². The fourth-order valence-electron chi connectivity index (χ4n) is 3.88. The molecule has 1 aliphatic heterocycles. The molecule has 0 N–H and O–H groups in total. The number of aryl methyl sites for hydroxylation is 1. The quantitative estimate of drug-likeness (QED) is 0.151. The molecule has 7 nitrogen and oxygen atoms in total. The van der Waals surface area contributed by atoms with Crippen LogP contribution in [0.1, 0.15) is 23.6 Å². The fourth-order valence-corrected chi connectivity index (χ4v) is 4.79. The van der Waals surface area contributed by atoms with E-state index in [-0.39, 0.29) is 17.4 Å². The SMILES string of the molecule is CCOc1cc(/C=C2/C(=O)N(c3ccc(Cl)cc3)C(=S)N2CC(=O)OC)c(Br)cc1OCc1ccc(C)cc1. The number of halogens is 2. The van der Waals surface area contributed by atoms with Crippen LogP contribution in [0, 0.1) is 6.92 Å². The Morgan fingerprint density at radius 2 is 1.72 bits per heavy atom. The van der Waals surface area contributed by atoms with E-state index in [2.05, 4.69) is 15.9 Å². The Hall–Kier alpha value is -3.40. The minimum Gasteiger partial charge on any atom is -0.490 e. The number of esters is 1. The largest absolute Gasteiger partial charge is 0.490 e. The highest BCUT2D eigenvalue weighted by atomic mass is 79.9. The molecule has 1 amide bonds. The van der Waals surface area contributed by atoms with Gasteiger partial charge in [-0.25, -0.2) is 0 Å². The smallest absolute Gasteiger partial charge is 0.325 e. The lowest BCUT2D eigenvalue weighted by Crippen LogP contribution is -2.35. The van der Waals surface area contributed by atoms with Crippen LogP contribution in [0.5, 0.6) is 11.5 Å². The normalized spacial score (nSPS) is 14.2. The van der Waals surface area contributed by atoms with Crippen LogP contribution in [0.3, 0.4) is 0 Å². The van der Waals surface area contributed by atoms with Crippen molar-refractivity contribution in [2.24, 2.45) is 0 Å². The number of methoxy groups -OCH3 is 1. The molecule has 0 aromatic heterocycles. The van der Waals surface area contributed by atoms with Gasteiger partial charge in [-0.1, -0.05) is 57.4 Å². The Bertz CT molecular complexity index is 1430. The number of nitrogens with zero attached hydrogens (tertiary/aromatic N) is 2. The molecule has 1 aliphatic rings. The van der Waals surface area contributed by atoms with Crippen LogP contribution in [0.4, 0.5) is 5.69 Å². The van der Waals surface area contributed by atoms with Crippen molar-refractivity contribution in [3.63, 3.8) is 0 Å². The molecule has 0 radical (unpaired) electrons. The van der Waals surface area contributed by atoms with Crippen molar-refractivity contribution < 1.29 is 23.8 Å². The van der Waals surface area contributed by atoms with Crippen molar-refractivity contribution in [2.75, 3.05) is 25.2 Å². The van der Waals surface area contributed by atoms with Gasteiger partial charge in [0.15, 0.2) is 16.6 Å². The van der Waals surface area contributed by atoms with Crippen LogP contribution >= 0.6 is 39.7 Å². The molecule has 0 atom stereocenters. The van der Waals surface area contributed by atoms with Crippen molar-refractivity contribution in [2.45, 2.75) is 20.5 Å². The summed E-state index contributed by atoms with van der Waals surface area (Å²) in [6.07, 6.45) is 1.66. The summed E-state index contributed by atoms with van der Waals surface area (Å²) in [7, 11) is 1.28. The van der Waals surface area contributed by atoms with Crippen molar-refractivity contribution in [1.82, 2.24) is 4.90 Å². The summed E-state index contributed by atoms with van der Waals surface area (Å²) in [6, 6.07) is 18.4. The van der Waals surface area contributed by atoms with Crippen LogP contribution in [0.15, 0.2) is 70.8 Å². The number of anilines is 1. The second kappa shape index (κ2) is 12.6. The number of carbonyl (C=O) groups is 2. The molecule has 1 saturated heterocycles. The number of amides is 1. The van der Waals surface area contributed by atoms with E-state index < -0.39 is 11.9 Å². The topological polar surface area (TPSA) is 68.3 Å². The van der Waals surface area contributed by atoms with Crippen molar-refractivity contribution in [3.05, 3.63) is 92.5 Å².